The maximum Gasteiger partial charge on any atom is 0.232 e. The molecule has 7 heteroatoms. The smallest absolute Gasteiger partial charge is 0.232 e. The van der Waals surface area contributed by atoms with Gasteiger partial charge in [-0.15, -0.1) is 0 Å². The zero-order valence-corrected chi connectivity index (χ0v) is 17.4. The average molecular weight is 389 g/mol. The molecule has 148 valence electrons. The molecule has 2 N–H and O–H groups in total. The molecule has 2 saturated heterocycles. The van der Waals surface area contributed by atoms with Crippen molar-refractivity contribution in [2.75, 3.05) is 41.3 Å². The first-order valence-electron chi connectivity index (χ1n) is 10.5. The van der Waals surface area contributed by atoms with Crippen LogP contribution in [0.2, 0.25) is 0 Å². The molecular formula is C20H32N6S. The minimum atomic E-state index is 0.526. The van der Waals surface area contributed by atoms with Crippen molar-refractivity contribution in [2.45, 2.75) is 58.4 Å². The minimum Gasteiger partial charge on any atom is -0.360 e. The van der Waals surface area contributed by atoms with Crippen molar-refractivity contribution in [3.63, 3.8) is 0 Å². The zero-order chi connectivity index (χ0) is 18.8. The van der Waals surface area contributed by atoms with Crippen LogP contribution in [0.15, 0.2) is 6.07 Å². The Morgan fingerprint density at radius 1 is 1.00 bits per heavy atom. The van der Waals surface area contributed by atoms with Gasteiger partial charge >= 0.3 is 0 Å². The van der Waals surface area contributed by atoms with Crippen molar-refractivity contribution in [3.05, 3.63) is 6.07 Å². The van der Waals surface area contributed by atoms with E-state index in [0.717, 1.165) is 37.8 Å². The van der Waals surface area contributed by atoms with Crippen molar-refractivity contribution >= 4 is 34.9 Å². The summed E-state index contributed by atoms with van der Waals surface area (Å²) in [6.07, 6.45) is 7.48. The van der Waals surface area contributed by atoms with Gasteiger partial charge in [-0.05, 0) is 62.6 Å². The van der Waals surface area contributed by atoms with Crippen LogP contribution in [0.1, 0.15) is 52.4 Å². The average Bonchev–Trinajstić information content (AvgIpc) is 3.45. The Morgan fingerprint density at radius 2 is 1.63 bits per heavy atom. The molecule has 0 aromatic carbocycles. The molecule has 6 nitrogen and oxygen atoms in total. The molecule has 3 fully saturated rings. The lowest BCUT2D eigenvalue weighted by atomic mass is 9.92. The number of nitrogens with one attached hydrogen (secondary N) is 2. The molecule has 2 atom stereocenters. The monoisotopic (exact) mass is 388 g/mol. The summed E-state index contributed by atoms with van der Waals surface area (Å²) >= 11 is 5.46. The maximum absolute atomic E-state index is 5.46. The summed E-state index contributed by atoms with van der Waals surface area (Å²) in [4.78, 5) is 14.5. The van der Waals surface area contributed by atoms with Crippen LogP contribution < -0.4 is 20.4 Å². The summed E-state index contributed by atoms with van der Waals surface area (Å²) < 4.78 is 0. The third kappa shape index (κ3) is 5.00. The normalized spacial score (nSPS) is 26.0. The fourth-order valence-electron chi connectivity index (χ4n) is 4.33. The Hall–Kier alpha value is -1.63. The molecule has 0 amide bonds. The molecule has 4 rings (SSSR count). The van der Waals surface area contributed by atoms with Gasteiger partial charge in [0.05, 0.1) is 0 Å². The van der Waals surface area contributed by atoms with Crippen molar-refractivity contribution in [2.24, 2.45) is 11.8 Å². The lowest BCUT2D eigenvalue weighted by Crippen LogP contribution is -2.40. The number of thiocarbonyl (C=S) groups is 1. The minimum absolute atomic E-state index is 0.526. The first-order chi connectivity index (χ1) is 13.1. The van der Waals surface area contributed by atoms with E-state index in [0.29, 0.717) is 28.9 Å². The third-order valence-corrected chi connectivity index (χ3v) is 5.93. The Bertz CT molecular complexity index is 660. The van der Waals surface area contributed by atoms with E-state index in [1.807, 2.05) is 0 Å². The SMILES string of the molecule is C[C@H]1C[C@H](C)CN(c2cc(N3CCCCC3)nc(NC(=S)NC3CC3)n2)C1. The first kappa shape index (κ1) is 18.7. The predicted molar refractivity (Wildman–Crippen MR) is 116 cm³/mol. The quantitative estimate of drug-likeness (QED) is 0.767. The van der Waals surface area contributed by atoms with Crippen LogP contribution in [-0.4, -0.2) is 47.3 Å². The summed E-state index contributed by atoms with van der Waals surface area (Å²) in [5.41, 5.74) is 0. The molecule has 1 aromatic rings. The van der Waals surface area contributed by atoms with Crippen LogP contribution in [0.4, 0.5) is 17.6 Å². The Balaban J connectivity index is 1.57. The van der Waals surface area contributed by atoms with E-state index in [4.69, 9.17) is 22.2 Å². The summed E-state index contributed by atoms with van der Waals surface area (Å²) in [5.74, 6) is 4.06. The second-order valence-electron chi connectivity index (χ2n) is 8.68. The van der Waals surface area contributed by atoms with E-state index in [2.05, 4.69) is 40.3 Å². The largest absolute Gasteiger partial charge is 0.360 e. The molecule has 3 heterocycles. The van der Waals surface area contributed by atoms with Crippen LogP contribution in [0.5, 0.6) is 0 Å². The fraction of sp³-hybridized carbons (Fsp3) is 0.750. The lowest BCUT2D eigenvalue weighted by Gasteiger charge is -2.36. The molecule has 0 unspecified atom stereocenters. The van der Waals surface area contributed by atoms with Gasteiger partial charge in [-0.2, -0.15) is 9.97 Å². The first-order valence-corrected chi connectivity index (χ1v) is 10.9. The Kier molecular flexibility index (Phi) is 5.66. The van der Waals surface area contributed by atoms with Crippen LogP contribution in [-0.2, 0) is 0 Å². The molecule has 1 aromatic heterocycles. The number of hydrogen-bond donors (Lipinski definition) is 2. The lowest BCUT2D eigenvalue weighted by molar-refractivity contribution is 0.355. The fourth-order valence-corrected chi connectivity index (χ4v) is 4.58. The molecule has 27 heavy (non-hydrogen) atoms. The van der Waals surface area contributed by atoms with E-state index in [9.17, 15) is 0 Å². The zero-order valence-electron chi connectivity index (χ0n) is 16.6. The van der Waals surface area contributed by atoms with Crippen molar-refractivity contribution < 1.29 is 0 Å². The highest BCUT2D eigenvalue weighted by Gasteiger charge is 2.25. The molecular weight excluding hydrogens is 356 g/mol. The van der Waals surface area contributed by atoms with Crippen LogP contribution >= 0.6 is 12.2 Å². The maximum atomic E-state index is 5.46. The Labute approximate surface area is 168 Å². The number of hydrogen-bond acceptors (Lipinski definition) is 5. The molecule has 1 aliphatic carbocycles. The van der Waals surface area contributed by atoms with E-state index >= 15 is 0 Å². The van der Waals surface area contributed by atoms with Crippen LogP contribution in [0.25, 0.3) is 0 Å². The van der Waals surface area contributed by atoms with Crippen LogP contribution in [0.3, 0.4) is 0 Å². The van der Waals surface area contributed by atoms with Gasteiger partial charge in [0.2, 0.25) is 5.95 Å². The van der Waals surface area contributed by atoms with E-state index < -0.39 is 0 Å². The van der Waals surface area contributed by atoms with Gasteiger partial charge in [0.15, 0.2) is 5.11 Å². The molecule has 0 spiro atoms. The summed E-state index contributed by atoms with van der Waals surface area (Å²) in [6.45, 7) is 8.95. The highest BCUT2D eigenvalue weighted by molar-refractivity contribution is 7.80. The van der Waals surface area contributed by atoms with Gasteiger partial charge in [-0.25, -0.2) is 0 Å². The topological polar surface area (TPSA) is 56.3 Å². The standard InChI is InChI=1S/C20H32N6S/c1-14-10-15(2)13-26(12-14)18-11-17(25-8-4-3-5-9-25)22-19(23-18)24-20(27)21-16-6-7-16/h11,14-16H,3-10,12-13H2,1-2H3,(H2,21,22,23,24,27)/t14-,15-/m0/s1. The Morgan fingerprint density at radius 3 is 2.26 bits per heavy atom. The number of rotatable bonds is 4. The van der Waals surface area contributed by atoms with Crippen LogP contribution in [0, 0.1) is 11.8 Å². The van der Waals surface area contributed by atoms with E-state index in [1.165, 1.54) is 38.5 Å². The second kappa shape index (κ2) is 8.17. The van der Waals surface area contributed by atoms with Gasteiger partial charge in [0.1, 0.15) is 11.6 Å². The van der Waals surface area contributed by atoms with Gasteiger partial charge in [0.25, 0.3) is 0 Å². The van der Waals surface area contributed by atoms with E-state index in [1.54, 1.807) is 0 Å². The second-order valence-corrected chi connectivity index (χ2v) is 9.09. The molecule has 3 aliphatic rings. The van der Waals surface area contributed by atoms with Crippen molar-refractivity contribution in [3.8, 4) is 0 Å². The number of piperidine rings is 2. The van der Waals surface area contributed by atoms with E-state index in [-0.39, 0.29) is 0 Å². The summed E-state index contributed by atoms with van der Waals surface area (Å²) in [7, 11) is 0. The van der Waals surface area contributed by atoms with Crippen molar-refractivity contribution in [1.29, 1.82) is 0 Å². The summed E-state index contributed by atoms with van der Waals surface area (Å²) in [6, 6.07) is 2.71. The number of aromatic nitrogens is 2. The van der Waals surface area contributed by atoms with Gasteiger partial charge in [-0.3, -0.25) is 0 Å². The molecule has 2 aliphatic heterocycles. The molecule has 0 radical (unpaired) electrons. The van der Waals surface area contributed by atoms with Gasteiger partial charge in [-0.1, -0.05) is 13.8 Å². The van der Waals surface area contributed by atoms with Crippen molar-refractivity contribution in [1.82, 2.24) is 15.3 Å². The number of anilines is 3. The highest BCUT2D eigenvalue weighted by Crippen LogP contribution is 2.29. The number of nitrogens with zero attached hydrogens (tertiary/aromatic N) is 4. The summed E-state index contributed by atoms with van der Waals surface area (Å²) in [5, 5.41) is 7.21. The predicted octanol–water partition coefficient (Wildman–Crippen LogP) is 3.40. The van der Waals surface area contributed by atoms with Gasteiger partial charge in [0, 0.05) is 38.3 Å². The molecule has 0 bridgehead atoms. The highest BCUT2D eigenvalue weighted by atomic mass is 32.1. The third-order valence-electron chi connectivity index (χ3n) is 5.71. The molecule has 1 saturated carbocycles. The van der Waals surface area contributed by atoms with Gasteiger partial charge < -0.3 is 20.4 Å².